The molecule has 1 atom stereocenters. The Kier molecular flexibility index (Phi) is 6.90. The second-order valence-electron chi connectivity index (χ2n) is 5.67. The third-order valence-corrected chi connectivity index (χ3v) is 4.07. The summed E-state index contributed by atoms with van der Waals surface area (Å²) in [5.74, 6) is -0.604. The zero-order valence-corrected chi connectivity index (χ0v) is 14.0. The highest BCUT2D eigenvalue weighted by Crippen LogP contribution is 2.19. The molecule has 0 aliphatic rings. The Morgan fingerprint density at radius 2 is 1.79 bits per heavy atom. The molecule has 1 amide bonds. The van der Waals surface area contributed by atoms with E-state index in [9.17, 15) is 9.90 Å². The molecule has 0 saturated carbocycles. The van der Waals surface area contributed by atoms with Crippen molar-refractivity contribution in [3.63, 3.8) is 0 Å². The largest absolute Gasteiger partial charge is 0.395 e. The molecule has 1 aromatic heterocycles. The fourth-order valence-electron chi connectivity index (χ4n) is 2.66. The van der Waals surface area contributed by atoms with Gasteiger partial charge in [-0.15, -0.1) is 0 Å². The van der Waals surface area contributed by atoms with Crippen molar-refractivity contribution in [3.8, 4) is 0 Å². The molecule has 0 radical (unpaired) electrons. The van der Waals surface area contributed by atoms with E-state index in [1.54, 1.807) is 4.90 Å². The zero-order valence-electron chi connectivity index (χ0n) is 14.0. The van der Waals surface area contributed by atoms with Crippen LogP contribution in [-0.4, -0.2) is 40.8 Å². The number of aliphatic hydroxyl groups excluding tert-OH is 2. The molecule has 2 N–H and O–H groups in total. The van der Waals surface area contributed by atoms with E-state index in [2.05, 4.69) is 0 Å². The molecule has 0 saturated heterocycles. The van der Waals surface area contributed by atoms with Crippen molar-refractivity contribution in [1.29, 1.82) is 0 Å². The lowest BCUT2D eigenvalue weighted by molar-refractivity contribution is -0.698. The number of likely N-dealkylation sites (N-methyl/N-ethyl adjacent to an activating group) is 1. The van der Waals surface area contributed by atoms with Crippen molar-refractivity contribution in [1.82, 2.24) is 4.90 Å². The van der Waals surface area contributed by atoms with Gasteiger partial charge in [0.25, 0.3) is 0 Å². The summed E-state index contributed by atoms with van der Waals surface area (Å²) in [7, 11) is 0. The molecule has 0 spiro atoms. The first-order chi connectivity index (χ1) is 11.7. The van der Waals surface area contributed by atoms with E-state index in [0.29, 0.717) is 19.6 Å². The van der Waals surface area contributed by atoms with Crippen molar-refractivity contribution in [2.75, 3.05) is 19.8 Å². The van der Waals surface area contributed by atoms with Crippen LogP contribution in [0.15, 0.2) is 54.9 Å². The van der Waals surface area contributed by atoms with E-state index in [1.807, 2.05) is 66.3 Å². The highest BCUT2D eigenvalue weighted by atomic mass is 16.3. The van der Waals surface area contributed by atoms with E-state index in [4.69, 9.17) is 5.11 Å². The number of benzene rings is 1. The number of carbonyl (C=O) groups is 1. The van der Waals surface area contributed by atoms with Gasteiger partial charge in [0.2, 0.25) is 5.91 Å². The highest BCUT2D eigenvalue weighted by Gasteiger charge is 2.24. The van der Waals surface area contributed by atoms with Crippen LogP contribution < -0.4 is 4.57 Å². The lowest BCUT2D eigenvalue weighted by Crippen LogP contribution is -2.37. The summed E-state index contributed by atoms with van der Waals surface area (Å²) >= 11 is 0. The van der Waals surface area contributed by atoms with E-state index < -0.39 is 5.92 Å². The number of aliphatic hydroxyl groups is 2. The fraction of sp³-hybridized carbons (Fsp3) is 0.368. The third kappa shape index (κ3) is 4.63. The molecule has 1 unspecified atom stereocenters. The van der Waals surface area contributed by atoms with Crippen LogP contribution in [0.2, 0.25) is 0 Å². The average molecular weight is 329 g/mol. The standard InChI is InChI=1S/C19H25N2O3/c1-2-21(14-16-8-10-20(11-9-16)12-13-22)19(24)18(15-23)17-6-4-3-5-7-17/h3-11,18,22-23H,2,12-15H2,1H3/q+1. The second kappa shape index (κ2) is 9.15. The van der Waals surface area contributed by atoms with Crippen molar-refractivity contribution in [2.45, 2.75) is 25.9 Å². The maximum Gasteiger partial charge on any atom is 0.232 e. The van der Waals surface area contributed by atoms with Crippen LogP contribution in [0.3, 0.4) is 0 Å². The summed E-state index contributed by atoms with van der Waals surface area (Å²) < 4.78 is 1.89. The monoisotopic (exact) mass is 329 g/mol. The Morgan fingerprint density at radius 3 is 2.33 bits per heavy atom. The molecular weight excluding hydrogens is 304 g/mol. The first kappa shape index (κ1) is 18.1. The number of aromatic nitrogens is 1. The fourth-order valence-corrected chi connectivity index (χ4v) is 2.66. The lowest BCUT2D eigenvalue weighted by atomic mass is 9.98. The summed E-state index contributed by atoms with van der Waals surface area (Å²) in [5.41, 5.74) is 1.85. The minimum Gasteiger partial charge on any atom is -0.395 e. The maximum atomic E-state index is 12.8. The van der Waals surface area contributed by atoms with Gasteiger partial charge in [-0.05, 0) is 18.1 Å². The molecule has 24 heavy (non-hydrogen) atoms. The Morgan fingerprint density at radius 1 is 1.12 bits per heavy atom. The third-order valence-electron chi connectivity index (χ3n) is 4.07. The van der Waals surface area contributed by atoms with Crippen molar-refractivity contribution >= 4 is 5.91 Å². The van der Waals surface area contributed by atoms with Gasteiger partial charge in [0.05, 0.1) is 12.5 Å². The predicted molar refractivity (Wildman–Crippen MR) is 91.1 cm³/mol. The van der Waals surface area contributed by atoms with Crippen LogP contribution in [0.1, 0.15) is 24.0 Å². The first-order valence-corrected chi connectivity index (χ1v) is 8.23. The summed E-state index contributed by atoms with van der Waals surface area (Å²) in [4.78, 5) is 14.6. The van der Waals surface area contributed by atoms with E-state index in [0.717, 1.165) is 11.1 Å². The van der Waals surface area contributed by atoms with Gasteiger partial charge < -0.3 is 15.1 Å². The van der Waals surface area contributed by atoms with Crippen LogP contribution in [0.5, 0.6) is 0 Å². The Balaban J connectivity index is 2.10. The van der Waals surface area contributed by atoms with Gasteiger partial charge in [0.15, 0.2) is 18.9 Å². The number of pyridine rings is 1. The number of nitrogens with zero attached hydrogens (tertiary/aromatic N) is 2. The Hall–Kier alpha value is -2.24. The van der Waals surface area contributed by atoms with Crippen LogP contribution in [0.25, 0.3) is 0 Å². The molecule has 2 rings (SSSR count). The summed E-state index contributed by atoms with van der Waals surface area (Å²) in [6.45, 7) is 3.46. The molecule has 5 nitrogen and oxygen atoms in total. The average Bonchev–Trinajstić information content (AvgIpc) is 2.62. The summed E-state index contributed by atoms with van der Waals surface area (Å²) in [5, 5.41) is 18.6. The maximum absolute atomic E-state index is 12.8. The molecule has 128 valence electrons. The lowest BCUT2D eigenvalue weighted by Gasteiger charge is -2.25. The zero-order chi connectivity index (χ0) is 17.4. The summed E-state index contributed by atoms with van der Waals surface area (Å²) in [6.07, 6.45) is 3.79. The SMILES string of the molecule is CCN(Cc1cc[n+](CCO)cc1)C(=O)C(CO)c1ccccc1. The second-order valence-corrected chi connectivity index (χ2v) is 5.67. The number of hydrogen-bond acceptors (Lipinski definition) is 3. The Bertz CT molecular complexity index is 629. The molecule has 5 heteroatoms. The van der Waals surface area contributed by atoms with Gasteiger partial charge in [-0.25, -0.2) is 4.57 Å². The topological polar surface area (TPSA) is 64.7 Å². The molecule has 0 aliphatic heterocycles. The highest BCUT2D eigenvalue weighted by molar-refractivity contribution is 5.83. The predicted octanol–water partition coefficient (Wildman–Crippen LogP) is 1.09. The van der Waals surface area contributed by atoms with Gasteiger partial charge >= 0.3 is 0 Å². The normalized spacial score (nSPS) is 12.0. The van der Waals surface area contributed by atoms with Gasteiger partial charge in [-0.2, -0.15) is 0 Å². The van der Waals surface area contributed by atoms with Gasteiger partial charge in [0.1, 0.15) is 6.61 Å². The molecule has 2 aromatic rings. The smallest absolute Gasteiger partial charge is 0.232 e. The molecule has 0 bridgehead atoms. The number of amides is 1. The Labute approximate surface area is 142 Å². The molecular formula is C19H25N2O3+. The molecule has 1 heterocycles. The van der Waals surface area contributed by atoms with Gasteiger partial charge in [-0.1, -0.05) is 30.3 Å². The molecule has 0 aliphatic carbocycles. The molecule has 0 fully saturated rings. The number of hydrogen-bond donors (Lipinski definition) is 2. The molecule has 1 aromatic carbocycles. The number of rotatable bonds is 8. The van der Waals surface area contributed by atoms with Crippen molar-refractivity contribution in [3.05, 3.63) is 66.0 Å². The van der Waals surface area contributed by atoms with Crippen LogP contribution in [0, 0.1) is 0 Å². The van der Waals surface area contributed by atoms with Crippen LogP contribution >= 0.6 is 0 Å². The number of carbonyl (C=O) groups excluding carboxylic acids is 1. The van der Waals surface area contributed by atoms with Gasteiger partial charge in [-0.3, -0.25) is 4.79 Å². The van der Waals surface area contributed by atoms with Crippen LogP contribution in [-0.2, 0) is 17.9 Å². The first-order valence-electron chi connectivity index (χ1n) is 8.23. The van der Waals surface area contributed by atoms with Crippen molar-refractivity contribution < 1.29 is 19.6 Å². The summed E-state index contributed by atoms with van der Waals surface area (Å²) in [6, 6.07) is 13.3. The van der Waals surface area contributed by atoms with E-state index in [1.165, 1.54) is 0 Å². The van der Waals surface area contributed by atoms with E-state index in [-0.39, 0.29) is 19.1 Å². The van der Waals surface area contributed by atoms with E-state index >= 15 is 0 Å². The minimum absolute atomic E-state index is 0.0710. The minimum atomic E-state index is -0.533. The quantitative estimate of drug-likeness (QED) is 0.713. The van der Waals surface area contributed by atoms with Gasteiger partial charge in [0, 0.05) is 25.2 Å². The van der Waals surface area contributed by atoms with Crippen LogP contribution in [0.4, 0.5) is 0 Å². The van der Waals surface area contributed by atoms with Crippen molar-refractivity contribution in [2.24, 2.45) is 0 Å².